The van der Waals surface area contributed by atoms with Crippen LogP contribution in [0.3, 0.4) is 0 Å². The van der Waals surface area contributed by atoms with Gasteiger partial charge in [-0.3, -0.25) is 0 Å². The first kappa shape index (κ1) is 25.7. The van der Waals surface area contributed by atoms with Crippen molar-refractivity contribution in [2.24, 2.45) is 11.8 Å². The second-order valence-corrected chi connectivity index (χ2v) is 6.94. The summed E-state index contributed by atoms with van der Waals surface area (Å²) >= 11 is 0. The highest BCUT2D eigenvalue weighted by Crippen LogP contribution is 2.24. The smallest absolute Gasteiger partial charge is 0.161 e. The number of allylic oxidation sites excluding steroid dienone is 8. The Morgan fingerprint density at radius 1 is 0.964 bits per heavy atom. The van der Waals surface area contributed by atoms with Gasteiger partial charge in [0, 0.05) is 7.11 Å². The molecule has 0 amide bonds. The summed E-state index contributed by atoms with van der Waals surface area (Å²) in [5, 5.41) is 0. The van der Waals surface area contributed by atoms with Crippen molar-refractivity contribution in [3.8, 4) is 0 Å². The van der Waals surface area contributed by atoms with E-state index in [1.165, 1.54) is 0 Å². The Morgan fingerprint density at radius 2 is 1.61 bits per heavy atom. The lowest BCUT2D eigenvalue weighted by molar-refractivity contribution is 0.102. The molecule has 0 saturated heterocycles. The Bertz CT molecular complexity index is 647. The van der Waals surface area contributed by atoms with Gasteiger partial charge < -0.3 is 14.2 Å². The quantitative estimate of drug-likeness (QED) is 0.147. The van der Waals surface area contributed by atoms with E-state index in [1.54, 1.807) is 20.3 Å². The maximum atomic E-state index is 5.68. The molecule has 2 atom stereocenters. The first-order chi connectivity index (χ1) is 13.2. The molecule has 0 fully saturated rings. The summed E-state index contributed by atoms with van der Waals surface area (Å²) in [7, 11) is 3.18. The molecule has 0 N–H and O–H groups in total. The number of ether oxygens (including phenoxy) is 3. The van der Waals surface area contributed by atoms with Gasteiger partial charge in [-0.2, -0.15) is 0 Å². The minimum atomic E-state index is 0.266. The molecule has 156 valence electrons. The molecule has 3 heteroatoms. The first-order valence-electron chi connectivity index (χ1n) is 9.68. The molecule has 0 aliphatic rings. The first-order valence-corrected chi connectivity index (χ1v) is 9.68. The molecule has 0 saturated carbocycles. The van der Waals surface area contributed by atoms with Crippen molar-refractivity contribution in [2.75, 3.05) is 27.4 Å². The molecule has 28 heavy (non-hydrogen) atoms. The molecule has 0 spiro atoms. The maximum Gasteiger partial charge on any atom is 0.161 e. The Labute approximate surface area is 172 Å². The van der Waals surface area contributed by atoms with Crippen molar-refractivity contribution in [2.45, 2.75) is 34.1 Å². The monoisotopic (exact) mass is 386 g/mol. The van der Waals surface area contributed by atoms with Gasteiger partial charge in [-0.15, -0.1) is 0 Å². The molecule has 0 heterocycles. The van der Waals surface area contributed by atoms with Gasteiger partial charge in [0.25, 0.3) is 0 Å². The van der Waals surface area contributed by atoms with E-state index in [1.807, 2.05) is 6.92 Å². The minimum Gasteiger partial charge on any atom is -0.493 e. The molecule has 0 aliphatic carbocycles. The fraction of sp³-hybridized carbons (Fsp3) is 0.440. The summed E-state index contributed by atoms with van der Waals surface area (Å²) in [6, 6.07) is 0. The Balaban J connectivity index is 5.22. The van der Waals surface area contributed by atoms with E-state index in [0.717, 1.165) is 28.7 Å². The molecule has 0 aromatic carbocycles. The average Bonchev–Trinajstić information content (AvgIpc) is 2.69. The third kappa shape index (κ3) is 9.61. The summed E-state index contributed by atoms with van der Waals surface area (Å²) in [5.74, 6) is 1.79. The van der Waals surface area contributed by atoms with Crippen molar-refractivity contribution in [1.82, 2.24) is 0 Å². The molecule has 0 aliphatic heterocycles. The third-order valence-corrected chi connectivity index (χ3v) is 4.59. The van der Waals surface area contributed by atoms with Crippen molar-refractivity contribution in [3.05, 3.63) is 84.4 Å². The molecule has 0 bridgehead atoms. The minimum absolute atomic E-state index is 0.266. The van der Waals surface area contributed by atoms with Crippen molar-refractivity contribution >= 4 is 0 Å². The van der Waals surface area contributed by atoms with Gasteiger partial charge >= 0.3 is 0 Å². The number of rotatable bonds is 14. The van der Waals surface area contributed by atoms with E-state index in [2.05, 4.69) is 65.3 Å². The Hall–Kier alpha value is -2.26. The zero-order valence-corrected chi connectivity index (χ0v) is 18.6. The number of hydrogen-bond donors (Lipinski definition) is 0. The van der Waals surface area contributed by atoms with Crippen LogP contribution in [0.1, 0.15) is 34.1 Å². The lowest BCUT2D eigenvalue weighted by Gasteiger charge is -2.14. The molecular weight excluding hydrogens is 348 g/mol. The summed E-state index contributed by atoms with van der Waals surface area (Å²) in [5.41, 5.74) is 3.59. The van der Waals surface area contributed by atoms with E-state index in [9.17, 15) is 0 Å². The molecular formula is C25H38O3. The van der Waals surface area contributed by atoms with Gasteiger partial charge in [-0.05, 0) is 47.1 Å². The topological polar surface area (TPSA) is 27.7 Å². The van der Waals surface area contributed by atoms with Crippen LogP contribution in [-0.4, -0.2) is 27.4 Å². The maximum absolute atomic E-state index is 5.68. The molecule has 0 aromatic rings. The molecule has 0 rings (SSSR count). The second-order valence-electron chi connectivity index (χ2n) is 6.94. The highest BCUT2D eigenvalue weighted by Gasteiger charge is 2.09. The van der Waals surface area contributed by atoms with Crippen molar-refractivity contribution < 1.29 is 14.2 Å². The van der Waals surface area contributed by atoms with Gasteiger partial charge in [-0.1, -0.05) is 71.7 Å². The predicted octanol–water partition coefficient (Wildman–Crippen LogP) is 6.55. The third-order valence-electron chi connectivity index (χ3n) is 4.59. The zero-order valence-electron chi connectivity index (χ0n) is 18.6. The average molecular weight is 387 g/mol. The Morgan fingerprint density at radius 3 is 2.14 bits per heavy atom. The molecule has 0 aromatic heterocycles. The molecule has 3 nitrogen and oxygen atoms in total. The number of methoxy groups -OCH3 is 2. The van der Waals surface area contributed by atoms with Crippen LogP contribution in [0, 0.1) is 11.8 Å². The zero-order chi connectivity index (χ0) is 21.7. The normalized spacial score (nSPS) is 14.5. The van der Waals surface area contributed by atoms with E-state index >= 15 is 0 Å². The Kier molecular flexibility index (Phi) is 12.7. The van der Waals surface area contributed by atoms with Crippen LogP contribution in [0.25, 0.3) is 0 Å². The lowest BCUT2D eigenvalue weighted by Crippen LogP contribution is -2.05. The summed E-state index contributed by atoms with van der Waals surface area (Å²) in [6.45, 7) is 25.8. The predicted molar refractivity (Wildman–Crippen MR) is 121 cm³/mol. The highest BCUT2D eigenvalue weighted by atomic mass is 16.5. The van der Waals surface area contributed by atoms with E-state index in [4.69, 9.17) is 14.2 Å². The fourth-order valence-corrected chi connectivity index (χ4v) is 2.15. The van der Waals surface area contributed by atoms with E-state index in [-0.39, 0.29) is 5.92 Å². The SMILES string of the molecule is C=C(/C=C(/OCCOC)C(=C)OC)C(=C)/C(C)=C\C(=C)C(C)/C=C\C(C)CC. The highest BCUT2D eigenvalue weighted by molar-refractivity contribution is 5.51. The van der Waals surface area contributed by atoms with E-state index < -0.39 is 0 Å². The van der Waals surface area contributed by atoms with Gasteiger partial charge in [0.15, 0.2) is 11.5 Å². The van der Waals surface area contributed by atoms with Crippen molar-refractivity contribution in [1.29, 1.82) is 0 Å². The van der Waals surface area contributed by atoms with Crippen LogP contribution in [-0.2, 0) is 14.2 Å². The van der Waals surface area contributed by atoms with Gasteiger partial charge in [0.2, 0.25) is 0 Å². The van der Waals surface area contributed by atoms with Crippen molar-refractivity contribution in [3.63, 3.8) is 0 Å². The van der Waals surface area contributed by atoms with Crippen LogP contribution >= 0.6 is 0 Å². The molecule has 0 radical (unpaired) electrons. The molecule has 2 unspecified atom stereocenters. The van der Waals surface area contributed by atoms with Crippen LogP contribution in [0.4, 0.5) is 0 Å². The van der Waals surface area contributed by atoms with Gasteiger partial charge in [0.05, 0.1) is 13.7 Å². The van der Waals surface area contributed by atoms with Crippen LogP contribution < -0.4 is 0 Å². The second kappa shape index (κ2) is 13.8. The summed E-state index contributed by atoms with van der Waals surface area (Å²) in [6.07, 6.45) is 9.44. The van der Waals surface area contributed by atoms with Crippen LogP contribution in [0.2, 0.25) is 0 Å². The number of hydrogen-bond acceptors (Lipinski definition) is 3. The summed E-state index contributed by atoms with van der Waals surface area (Å²) < 4.78 is 15.9. The summed E-state index contributed by atoms with van der Waals surface area (Å²) in [4.78, 5) is 0. The lowest BCUT2D eigenvalue weighted by atomic mass is 9.94. The standard InChI is InChI=1S/C25H38O3/c1-11-18(2)12-13-19(3)20(4)16-21(5)23(7)22(6)17-25(24(8)27-10)28-15-14-26-9/h12-13,16-19H,4,6-8,11,14-15H2,1-3,5,9-10H3/b13-12-,21-16-,25-17+. The largest absolute Gasteiger partial charge is 0.493 e. The van der Waals surface area contributed by atoms with Crippen LogP contribution in [0.5, 0.6) is 0 Å². The van der Waals surface area contributed by atoms with Crippen LogP contribution in [0.15, 0.2) is 84.4 Å². The van der Waals surface area contributed by atoms with Gasteiger partial charge in [0.1, 0.15) is 6.61 Å². The van der Waals surface area contributed by atoms with E-state index in [0.29, 0.717) is 30.6 Å². The van der Waals surface area contributed by atoms with Gasteiger partial charge in [-0.25, -0.2) is 0 Å². The fourth-order valence-electron chi connectivity index (χ4n) is 2.15.